The number of carbonyl (C=O) groups is 1. The number of aromatic amines is 1. The largest absolute Gasteiger partial charge is 0.497 e. The van der Waals surface area contributed by atoms with Gasteiger partial charge < -0.3 is 10.1 Å². The molecule has 0 spiro atoms. The van der Waals surface area contributed by atoms with Crippen LogP contribution in [-0.2, 0) is 17.6 Å². The molecule has 0 aliphatic heterocycles. The fourth-order valence-electron chi connectivity index (χ4n) is 3.42. The first kappa shape index (κ1) is 19.6. The number of hydrogen-bond donors (Lipinski definition) is 2. The van der Waals surface area contributed by atoms with Crippen LogP contribution in [0.15, 0.2) is 48.7 Å². The number of benzene rings is 1. The second-order valence-corrected chi connectivity index (χ2v) is 7.08. The second kappa shape index (κ2) is 8.77. The third kappa shape index (κ3) is 4.17. The highest BCUT2D eigenvalue weighted by Gasteiger charge is 2.16. The van der Waals surface area contributed by atoms with Gasteiger partial charge in [0.05, 0.1) is 19.2 Å². The number of rotatable bonds is 8. The summed E-state index contributed by atoms with van der Waals surface area (Å²) in [6.45, 7) is 2.51. The van der Waals surface area contributed by atoms with Gasteiger partial charge in [0.1, 0.15) is 11.6 Å². The molecule has 0 saturated heterocycles. The Bertz CT molecular complexity index is 1150. The zero-order valence-corrected chi connectivity index (χ0v) is 17.1. The van der Waals surface area contributed by atoms with Crippen molar-refractivity contribution in [2.24, 2.45) is 0 Å². The number of aromatic nitrogens is 5. The number of methoxy groups -OCH3 is 1. The fourth-order valence-corrected chi connectivity index (χ4v) is 3.42. The van der Waals surface area contributed by atoms with Crippen LogP contribution in [0.25, 0.3) is 16.9 Å². The van der Waals surface area contributed by atoms with E-state index in [-0.39, 0.29) is 12.3 Å². The van der Waals surface area contributed by atoms with E-state index in [1.165, 1.54) is 0 Å². The van der Waals surface area contributed by atoms with Crippen LogP contribution < -0.4 is 10.1 Å². The lowest BCUT2D eigenvalue weighted by atomic mass is 10.0. The lowest BCUT2D eigenvalue weighted by Gasteiger charge is -2.07. The van der Waals surface area contributed by atoms with Crippen LogP contribution in [0.1, 0.15) is 23.5 Å². The highest BCUT2D eigenvalue weighted by atomic mass is 16.5. The Morgan fingerprint density at radius 1 is 1.17 bits per heavy atom. The first-order valence-electron chi connectivity index (χ1n) is 9.89. The van der Waals surface area contributed by atoms with E-state index in [2.05, 4.69) is 25.7 Å². The quantitative estimate of drug-likeness (QED) is 0.440. The van der Waals surface area contributed by atoms with E-state index in [9.17, 15) is 4.79 Å². The average Bonchev–Trinajstić information content (AvgIpc) is 3.35. The number of fused-ring (bicyclic) bond motifs is 1. The molecule has 1 aromatic carbocycles. The minimum atomic E-state index is -0.0274. The number of nitrogens with one attached hydrogen (secondary N) is 2. The van der Waals surface area contributed by atoms with E-state index >= 15 is 0 Å². The number of amides is 1. The van der Waals surface area contributed by atoms with Crippen molar-refractivity contribution in [3.05, 3.63) is 65.7 Å². The lowest BCUT2D eigenvalue weighted by Crippen LogP contribution is -2.26. The second-order valence-electron chi connectivity index (χ2n) is 7.08. The average molecular weight is 404 g/mol. The molecule has 8 nitrogen and oxygen atoms in total. The number of nitrogens with zero attached hydrogens (tertiary/aromatic N) is 4. The van der Waals surface area contributed by atoms with E-state index in [1.807, 2.05) is 60.0 Å². The Kier molecular flexibility index (Phi) is 5.74. The molecule has 0 atom stereocenters. The molecule has 0 bridgehead atoms. The maximum Gasteiger partial charge on any atom is 0.224 e. The molecule has 0 radical (unpaired) electrons. The summed E-state index contributed by atoms with van der Waals surface area (Å²) in [5, 5.41) is 18.8. The van der Waals surface area contributed by atoms with Gasteiger partial charge in [-0.2, -0.15) is 5.10 Å². The van der Waals surface area contributed by atoms with Crippen LogP contribution in [0.4, 0.5) is 0 Å². The number of aryl methyl sites for hydroxylation is 2. The van der Waals surface area contributed by atoms with Crippen LogP contribution in [0.5, 0.6) is 5.75 Å². The van der Waals surface area contributed by atoms with Gasteiger partial charge in [0.2, 0.25) is 5.91 Å². The molecular formula is C22H24N6O2. The maximum absolute atomic E-state index is 12.5. The van der Waals surface area contributed by atoms with Crippen molar-refractivity contribution in [1.29, 1.82) is 0 Å². The molecule has 3 aromatic heterocycles. The summed E-state index contributed by atoms with van der Waals surface area (Å²) in [7, 11) is 1.63. The first-order valence-corrected chi connectivity index (χ1v) is 9.89. The van der Waals surface area contributed by atoms with Gasteiger partial charge >= 0.3 is 0 Å². The van der Waals surface area contributed by atoms with Gasteiger partial charge in [0.15, 0.2) is 5.65 Å². The molecule has 0 fully saturated rings. The highest BCUT2D eigenvalue weighted by molar-refractivity contribution is 5.81. The number of hydrogen-bond acceptors (Lipinski definition) is 5. The predicted molar refractivity (Wildman–Crippen MR) is 113 cm³/mol. The number of ether oxygens (including phenoxy) is 1. The van der Waals surface area contributed by atoms with Crippen LogP contribution >= 0.6 is 0 Å². The summed E-state index contributed by atoms with van der Waals surface area (Å²) in [5.41, 5.74) is 4.37. The predicted octanol–water partition coefficient (Wildman–Crippen LogP) is 2.73. The minimum Gasteiger partial charge on any atom is -0.497 e. The fraction of sp³-hybridized carbons (Fsp3) is 0.273. The number of H-pyrrole nitrogens is 1. The van der Waals surface area contributed by atoms with Crippen molar-refractivity contribution < 1.29 is 9.53 Å². The monoisotopic (exact) mass is 404 g/mol. The van der Waals surface area contributed by atoms with Crippen molar-refractivity contribution in [2.45, 2.75) is 26.2 Å². The third-order valence-corrected chi connectivity index (χ3v) is 5.06. The molecule has 2 N–H and O–H groups in total. The van der Waals surface area contributed by atoms with Gasteiger partial charge in [-0.1, -0.05) is 6.07 Å². The number of carbonyl (C=O) groups excluding carboxylic acids is 1. The Labute approximate surface area is 174 Å². The SMILES string of the molecule is COc1ccc(-c2n[nH]c(C)c2CC(=O)NCCCc2nnc3ccccn23)cc1. The standard InChI is InChI=1S/C22H24N6O2/c1-15-18(22(27-24-15)16-8-10-17(30-2)11-9-16)14-21(29)23-12-5-7-20-26-25-19-6-3-4-13-28(19)20/h3-4,6,8-11,13H,5,7,12,14H2,1-2H3,(H,23,29)(H,24,27). The Hall–Kier alpha value is -3.68. The summed E-state index contributed by atoms with van der Waals surface area (Å²) in [6, 6.07) is 13.5. The molecule has 4 aromatic rings. The van der Waals surface area contributed by atoms with Crippen molar-refractivity contribution in [3.8, 4) is 17.0 Å². The maximum atomic E-state index is 12.5. The first-order chi connectivity index (χ1) is 14.7. The molecule has 30 heavy (non-hydrogen) atoms. The Morgan fingerprint density at radius 3 is 2.80 bits per heavy atom. The van der Waals surface area contributed by atoms with Gasteiger partial charge in [-0.15, -0.1) is 10.2 Å². The molecule has 154 valence electrons. The van der Waals surface area contributed by atoms with Gasteiger partial charge in [-0.25, -0.2) is 0 Å². The Morgan fingerprint density at radius 2 is 2.00 bits per heavy atom. The number of pyridine rings is 1. The summed E-state index contributed by atoms with van der Waals surface area (Å²) < 4.78 is 7.18. The summed E-state index contributed by atoms with van der Waals surface area (Å²) in [6.07, 6.45) is 3.76. The van der Waals surface area contributed by atoms with E-state index in [0.29, 0.717) is 6.54 Å². The van der Waals surface area contributed by atoms with Crippen molar-refractivity contribution >= 4 is 11.6 Å². The molecule has 0 aliphatic rings. The van der Waals surface area contributed by atoms with Gasteiger partial charge in [-0.05, 0) is 49.7 Å². The van der Waals surface area contributed by atoms with Crippen LogP contribution in [0.3, 0.4) is 0 Å². The molecule has 0 aliphatic carbocycles. The van der Waals surface area contributed by atoms with E-state index in [1.54, 1.807) is 7.11 Å². The summed E-state index contributed by atoms with van der Waals surface area (Å²) >= 11 is 0. The molecule has 0 unspecified atom stereocenters. The van der Waals surface area contributed by atoms with Gasteiger partial charge in [0, 0.05) is 36.0 Å². The topological polar surface area (TPSA) is 97.2 Å². The zero-order chi connectivity index (χ0) is 20.9. The highest BCUT2D eigenvalue weighted by Crippen LogP contribution is 2.26. The van der Waals surface area contributed by atoms with Gasteiger partial charge in [0.25, 0.3) is 0 Å². The van der Waals surface area contributed by atoms with Crippen molar-refractivity contribution in [3.63, 3.8) is 0 Å². The van der Waals surface area contributed by atoms with Crippen LogP contribution in [0.2, 0.25) is 0 Å². The lowest BCUT2D eigenvalue weighted by molar-refractivity contribution is -0.120. The van der Waals surface area contributed by atoms with Crippen LogP contribution in [0, 0.1) is 6.92 Å². The summed E-state index contributed by atoms with van der Waals surface area (Å²) in [5.74, 6) is 1.65. The smallest absolute Gasteiger partial charge is 0.224 e. The van der Waals surface area contributed by atoms with E-state index in [4.69, 9.17) is 4.74 Å². The minimum absolute atomic E-state index is 0.0274. The third-order valence-electron chi connectivity index (χ3n) is 5.06. The zero-order valence-electron chi connectivity index (χ0n) is 17.1. The molecule has 4 rings (SSSR count). The van der Waals surface area contributed by atoms with Gasteiger partial charge in [-0.3, -0.25) is 14.3 Å². The van der Waals surface area contributed by atoms with Crippen molar-refractivity contribution in [1.82, 2.24) is 30.1 Å². The molecule has 0 saturated carbocycles. The normalized spacial score (nSPS) is 11.0. The molecular weight excluding hydrogens is 380 g/mol. The van der Waals surface area contributed by atoms with E-state index < -0.39 is 0 Å². The summed E-state index contributed by atoms with van der Waals surface area (Å²) in [4.78, 5) is 12.5. The van der Waals surface area contributed by atoms with Crippen LogP contribution in [-0.4, -0.2) is 44.4 Å². The molecule has 3 heterocycles. The Balaban J connectivity index is 1.33. The molecule has 1 amide bonds. The molecule has 8 heteroatoms. The van der Waals surface area contributed by atoms with Crippen molar-refractivity contribution in [2.75, 3.05) is 13.7 Å². The van der Waals surface area contributed by atoms with E-state index in [0.717, 1.165) is 52.6 Å².